The topological polar surface area (TPSA) is 86.3 Å². The highest BCUT2D eigenvalue weighted by Gasteiger charge is 2.21. The zero-order chi connectivity index (χ0) is 17.6. The normalized spacial score (nSPS) is 12.7. The molecule has 0 radical (unpaired) electrons. The van der Waals surface area contributed by atoms with Gasteiger partial charge in [-0.05, 0) is 29.8 Å². The lowest BCUT2D eigenvalue weighted by molar-refractivity contribution is -0.307. The smallest absolute Gasteiger partial charge is 0.241 e. The second-order valence-electron chi connectivity index (χ2n) is 4.95. The number of halogens is 1. The van der Waals surface area contributed by atoms with E-state index in [0.29, 0.717) is 5.75 Å². The molecule has 2 aromatic rings. The average molecular weight is 368 g/mol. The Morgan fingerprint density at radius 1 is 1.12 bits per heavy atom. The average Bonchev–Trinajstić information content (AvgIpc) is 2.55. The molecule has 5 nitrogen and oxygen atoms in total. The van der Waals surface area contributed by atoms with Gasteiger partial charge in [-0.25, -0.2) is 17.5 Å². The maximum atomic E-state index is 12.9. The number of aliphatic carboxylic acids is 1. The molecule has 128 valence electrons. The number of nitrogens with one attached hydrogen (secondary N) is 1. The van der Waals surface area contributed by atoms with Crippen molar-refractivity contribution in [2.45, 2.75) is 16.7 Å². The second kappa shape index (κ2) is 8.27. The molecular weight excluding hydrogens is 353 g/mol. The standard InChI is InChI=1S/C16H16FNO4S2/c17-13-6-8-14(9-7-13)24(21,22)18-15(16(19)20)11-23-10-12-4-2-1-3-5-12/h1-9,15,18H,10-11H2,(H,19,20)/p-1. The maximum absolute atomic E-state index is 12.9. The molecule has 24 heavy (non-hydrogen) atoms. The third-order valence-electron chi connectivity index (χ3n) is 3.10. The number of carbonyl (C=O) groups excluding carboxylic acids is 1. The zero-order valence-electron chi connectivity index (χ0n) is 12.5. The van der Waals surface area contributed by atoms with E-state index in [0.717, 1.165) is 29.8 Å². The van der Waals surface area contributed by atoms with Gasteiger partial charge >= 0.3 is 0 Å². The molecule has 0 aliphatic carbocycles. The van der Waals surface area contributed by atoms with E-state index in [4.69, 9.17) is 0 Å². The van der Waals surface area contributed by atoms with Gasteiger partial charge in [0.2, 0.25) is 10.0 Å². The molecule has 0 saturated carbocycles. The van der Waals surface area contributed by atoms with Crippen molar-refractivity contribution >= 4 is 27.8 Å². The van der Waals surface area contributed by atoms with Crippen LogP contribution >= 0.6 is 11.8 Å². The van der Waals surface area contributed by atoms with Gasteiger partial charge in [0.05, 0.1) is 16.9 Å². The molecule has 0 bridgehead atoms. The molecule has 1 atom stereocenters. The first-order valence-electron chi connectivity index (χ1n) is 6.99. The van der Waals surface area contributed by atoms with E-state index in [1.165, 1.54) is 11.8 Å². The highest BCUT2D eigenvalue weighted by atomic mass is 32.2. The zero-order valence-corrected chi connectivity index (χ0v) is 14.1. The Hall–Kier alpha value is -1.90. The minimum Gasteiger partial charge on any atom is -0.548 e. The summed E-state index contributed by atoms with van der Waals surface area (Å²) in [6.45, 7) is 0. The van der Waals surface area contributed by atoms with E-state index in [1.54, 1.807) is 0 Å². The van der Waals surface area contributed by atoms with Crippen molar-refractivity contribution in [2.24, 2.45) is 0 Å². The summed E-state index contributed by atoms with van der Waals surface area (Å²) in [4.78, 5) is 11.0. The maximum Gasteiger partial charge on any atom is 0.241 e. The SMILES string of the molecule is O=C([O-])C(CSCc1ccccc1)NS(=O)(=O)c1ccc(F)cc1. The fourth-order valence-electron chi connectivity index (χ4n) is 1.89. The molecule has 8 heteroatoms. The summed E-state index contributed by atoms with van der Waals surface area (Å²) in [5.41, 5.74) is 1.00. The Morgan fingerprint density at radius 2 is 1.75 bits per heavy atom. The number of hydrogen-bond acceptors (Lipinski definition) is 5. The minimum absolute atomic E-state index is 0.0116. The molecule has 0 amide bonds. The number of carboxylic acid groups (broad SMARTS) is 1. The van der Waals surface area contributed by atoms with Crippen LogP contribution in [0.5, 0.6) is 0 Å². The first-order chi connectivity index (χ1) is 11.4. The van der Waals surface area contributed by atoms with E-state index in [-0.39, 0.29) is 10.6 Å². The Balaban J connectivity index is 2.00. The van der Waals surface area contributed by atoms with E-state index in [2.05, 4.69) is 4.72 Å². The van der Waals surface area contributed by atoms with Gasteiger partial charge in [-0.3, -0.25) is 0 Å². The first kappa shape index (κ1) is 18.4. The number of carboxylic acids is 1. The molecule has 0 spiro atoms. The van der Waals surface area contributed by atoms with Crippen molar-refractivity contribution in [1.29, 1.82) is 0 Å². The third-order valence-corrected chi connectivity index (χ3v) is 5.70. The van der Waals surface area contributed by atoms with Crippen LogP contribution in [-0.4, -0.2) is 26.2 Å². The van der Waals surface area contributed by atoms with Crippen LogP contribution in [-0.2, 0) is 20.6 Å². The summed E-state index contributed by atoms with van der Waals surface area (Å²) in [7, 11) is -4.07. The van der Waals surface area contributed by atoms with Gasteiger partial charge in [-0.15, -0.1) is 0 Å². The molecule has 0 aliphatic rings. The summed E-state index contributed by atoms with van der Waals surface area (Å²) in [5, 5.41) is 11.2. The van der Waals surface area contributed by atoms with Crippen molar-refractivity contribution in [3.8, 4) is 0 Å². The fourth-order valence-corrected chi connectivity index (χ4v) is 4.18. The van der Waals surface area contributed by atoms with Crippen LogP contribution in [0.2, 0.25) is 0 Å². The molecule has 0 heterocycles. The predicted molar refractivity (Wildman–Crippen MR) is 88.1 cm³/mol. The van der Waals surface area contributed by atoms with Crippen LogP contribution in [0.15, 0.2) is 59.5 Å². The Morgan fingerprint density at radius 3 is 2.33 bits per heavy atom. The van der Waals surface area contributed by atoms with Crippen LogP contribution in [0.3, 0.4) is 0 Å². The summed E-state index contributed by atoms with van der Waals surface area (Å²) < 4.78 is 39.3. The summed E-state index contributed by atoms with van der Waals surface area (Å²) >= 11 is 1.27. The van der Waals surface area contributed by atoms with Crippen molar-refractivity contribution in [3.63, 3.8) is 0 Å². The number of carbonyl (C=O) groups is 1. The van der Waals surface area contributed by atoms with Gasteiger partial charge < -0.3 is 9.90 Å². The van der Waals surface area contributed by atoms with Crippen LogP contribution < -0.4 is 9.83 Å². The van der Waals surface area contributed by atoms with Gasteiger partial charge in [0.15, 0.2) is 0 Å². The molecular formula is C16H15FNO4S2-. The molecule has 0 fully saturated rings. The molecule has 2 aromatic carbocycles. The van der Waals surface area contributed by atoms with Crippen molar-refractivity contribution in [3.05, 3.63) is 66.0 Å². The van der Waals surface area contributed by atoms with E-state index in [9.17, 15) is 22.7 Å². The molecule has 1 unspecified atom stereocenters. The van der Waals surface area contributed by atoms with Gasteiger partial charge in [0, 0.05) is 11.5 Å². The van der Waals surface area contributed by atoms with Crippen molar-refractivity contribution in [2.75, 3.05) is 5.75 Å². The number of hydrogen-bond donors (Lipinski definition) is 1. The second-order valence-corrected chi connectivity index (χ2v) is 7.69. The summed E-state index contributed by atoms with van der Waals surface area (Å²) in [6.07, 6.45) is 0. The van der Waals surface area contributed by atoms with E-state index >= 15 is 0 Å². The lowest BCUT2D eigenvalue weighted by Crippen LogP contribution is -2.49. The van der Waals surface area contributed by atoms with E-state index in [1.807, 2.05) is 30.3 Å². The largest absolute Gasteiger partial charge is 0.548 e. The highest BCUT2D eigenvalue weighted by Crippen LogP contribution is 2.15. The van der Waals surface area contributed by atoms with Gasteiger partial charge in [-0.2, -0.15) is 11.8 Å². The molecule has 0 aliphatic heterocycles. The monoisotopic (exact) mass is 368 g/mol. The number of benzene rings is 2. The van der Waals surface area contributed by atoms with Crippen LogP contribution in [0, 0.1) is 5.82 Å². The van der Waals surface area contributed by atoms with Gasteiger partial charge in [-0.1, -0.05) is 30.3 Å². The fraction of sp³-hybridized carbons (Fsp3) is 0.188. The molecule has 1 N–H and O–H groups in total. The Bertz CT molecular complexity index is 779. The van der Waals surface area contributed by atoms with Gasteiger partial charge in [0.1, 0.15) is 5.82 Å². The van der Waals surface area contributed by atoms with Crippen LogP contribution in [0.4, 0.5) is 4.39 Å². The van der Waals surface area contributed by atoms with Gasteiger partial charge in [0.25, 0.3) is 0 Å². The molecule has 0 aromatic heterocycles. The summed E-state index contributed by atoms with van der Waals surface area (Å²) in [5.74, 6) is -1.54. The van der Waals surface area contributed by atoms with Crippen LogP contribution in [0.1, 0.15) is 5.56 Å². The minimum atomic E-state index is -4.07. The summed E-state index contributed by atoms with van der Waals surface area (Å²) in [6, 6.07) is 12.1. The quantitative estimate of drug-likeness (QED) is 0.756. The number of thioether (sulfide) groups is 1. The molecule has 2 rings (SSSR count). The first-order valence-corrected chi connectivity index (χ1v) is 9.63. The molecule has 0 saturated heterocycles. The van der Waals surface area contributed by atoms with Crippen LogP contribution in [0.25, 0.3) is 0 Å². The predicted octanol–water partition coefficient (Wildman–Crippen LogP) is 1.16. The Kier molecular flexibility index (Phi) is 6.36. The third kappa shape index (κ3) is 5.33. The lowest BCUT2D eigenvalue weighted by atomic mass is 10.2. The van der Waals surface area contributed by atoms with Crippen molar-refractivity contribution in [1.82, 2.24) is 4.72 Å². The van der Waals surface area contributed by atoms with Crippen molar-refractivity contribution < 1.29 is 22.7 Å². The van der Waals surface area contributed by atoms with E-state index < -0.39 is 27.9 Å². The number of sulfonamides is 1. The lowest BCUT2D eigenvalue weighted by Gasteiger charge is -2.19. The number of rotatable bonds is 8. The Labute approximate surface area is 144 Å². The highest BCUT2D eigenvalue weighted by molar-refractivity contribution is 7.98.